The lowest BCUT2D eigenvalue weighted by Crippen LogP contribution is -2.30. The van der Waals surface area contributed by atoms with Crippen molar-refractivity contribution in [2.24, 2.45) is 0 Å². The Morgan fingerprint density at radius 1 is 0.882 bits per heavy atom. The van der Waals surface area contributed by atoms with Gasteiger partial charge in [0.2, 0.25) is 0 Å². The Kier molecular flexibility index (Phi) is 6.66. The van der Waals surface area contributed by atoms with Crippen LogP contribution in [0.1, 0.15) is 45.8 Å². The summed E-state index contributed by atoms with van der Waals surface area (Å²) in [7, 11) is 0. The standard InChI is InChI=1S/C25H20F7NO/c26-20-6-3-16(4-7-20)22-21(8-5-17-2-1-10-33-23(17)22)34-11-9-15-12-18(24(27,28)29)14-19(13-15)25(30,31)32/h1-4,6-7,10,12-14,21-22H,5,8-9,11H2. The van der Waals surface area contributed by atoms with E-state index in [1.807, 2.05) is 12.1 Å². The second-order valence-electron chi connectivity index (χ2n) is 8.19. The Labute approximate surface area is 191 Å². The third kappa shape index (κ3) is 5.41. The molecule has 2 atom stereocenters. The number of ether oxygens (including phenoxy) is 1. The minimum atomic E-state index is -4.90. The molecule has 1 aliphatic carbocycles. The minimum Gasteiger partial charge on any atom is -0.377 e. The zero-order valence-corrected chi connectivity index (χ0v) is 17.8. The molecule has 4 rings (SSSR count). The van der Waals surface area contributed by atoms with E-state index in [1.54, 1.807) is 18.3 Å². The second-order valence-corrected chi connectivity index (χ2v) is 8.19. The first-order valence-corrected chi connectivity index (χ1v) is 10.6. The Bertz CT molecular complexity index is 1110. The van der Waals surface area contributed by atoms with Crippen molar-refractivity contribution >= 4 is 0 Å². The Balaban J connectivity index is 1.55. The van der Waals surface area contributed by atoms with Crippen LogP contribution in [-0.2, 0) is 29.9 Å². The van der Waals surface area contributed by atoms with E-state index in [1.165, 1.54) is 12.1 Å². The number of nitrogens with zero attached hydrogens (tertiary/aromatic N) is 1. The van der Waals surface area contributed by atoms with Crippen LogP contribution in [0, 0.1) is 5.82 Å². The van der Waals surface area contributed by atoms with E-state index in [0.29, 0.717) is 25.0 Å². The van der Waals surface area contributed by atoms with Crippen LogP contribution in [-0.4, -0.2) is 17.7 Å². The van der Waals surface area contributed by atoms with E-state index in [4.69, 9.17) is 4.74 Å². The van der Waals surface area contributed by atoms with Crippen LogP contribution in [0.25, 0.3) is 0 Å². The number of aryl methyl sites for hydroxylation is 1. The molecule has 2 nitrogen and oxygen atoms in total. The minimum absolute atomic E-state index is 0.0802. The van der Waals surface area contributed by atoms with Crippen LogP contribution < -0.4 is 0 Å². The maximum atomic E-state index is 13.5. The molecule has 0 aliphatic heterocycles. The molecule has 0 fully saturated rings. The molecule has 1 aliphatic rings. The highest BCUT2D eigenvalue weighted by Crippen LogP contribution is 2.38. The summed E-state index contributed by atoms with van der Waals surface area (Å²) in [4.78, 5) is 4.47. The molecule has 0 radical (unpaired) electrons. The first-order valence-electron chi connectivity index (χ1n) is 10.6. The normalized spacial score (nSPS) is 18.6. The summed E-state index contributed by atoms with van der Waals surface area (Å²) in [6, 6.07) is 11.2. The number of fused-ring (bicyclic) bond motifs is 1. The number of rotatable bonds is 5. The molecular weight excluding hydrogens is 463 g/mol. The van der Waals surface area contributed by atoms with Crippen LogP contribution in [0.15, 0.2) is 60.8 Å². The first-order chi connectivity index (χ1) is 16.0. The molecule has 0 amide bonds. The lowest BCUT2D eigenvalue weighted by atomic mass is 9.80. The van der Waals surface area contributed by atoms with Crippen LogP contribution in [0.5, 0.6) is 0 Å². The fraction of sp³-hybridized carbons (Fsp3) is 0.320. The number of benzene rings is 2. The molecule has 0 saturated heterocycles. The fourth-order valence-electron chi connectivity index (χ4n) is 4.30. The highest BCUT2D eigenvalue weighted by atomic mass is 19.4. The summed E-state index contributed by atoms with van der Waals surface area (Å²) in [6.45, 7) is -0.0802. The number of pyridine rings is 1. The van der Waals surface area contributed by atoms with E-state index in [2.05, 4.69) is 4.98 Å². The third-order valence-electron chi connectivity index (χ3n) is 5.89. The van der Waals surface area contributed by atoms with Gasteiger partial charge in [0, 0.05) is 6.20 Å². The van der Waals surface area contributed by atoms with Crippen molar-refractivity contribution in [1.29, 1.82) is 0 Å². The molecule has 0 spiro atoms. The summed E-state index contributed by atoms with van der Waals surface area (Å²) in [5.74, 6) is -0.735. The van der Waals surface area contributed by atoms with E-state index in [0.717, 1.165) is 16.8 Å². The van der Waals surface area contributed by atoms with Gasteiger partial charge in [0.25, 0.3) is 0 Å². The monoisotopic (exact) mass is 483 g/mol. The van der Waals surface area contributed by atoms with Gasteiger partial charge in [0.1, 0.15) is 5.82 Å². The maximum Gasteiger partial charge on any atom is 0.416 e. The number of alkyl halides is 6. The second kappa shape index (κ2) is 9.37. The van der Waals surface area contributed by atoms with Gasteiger partial charge < -0.3 is 4.74 Å². The van der Waals surface area contributed by atoms with Crippen molar-refractivity contribution in [2.45, 2.75) is 43.6 Å². The summed E-state index contributed by atoms with van der Waals surface area (Å²) in [6.07, 6.45) is -7.47. The maximum absolute atomic E-state index is 13.5. The van der Waals surface area contributed by atoms with Gasteiger partial charge in [0.05, 0.1) is 35.4 Å². The predicted octanol–water partition coefficient (Wildman–Crippen LogP) is 6.96. The van der Waals surface area contributed by atoms with Crippen molar-refractivity contribution in [2.75, 3.05) is 6.61 Å². The zero-order valence-electron chi connectivity index (χ0n) is 17.8. The van der Waals surface area contributed by atoms with E-state index in [9.17, 15) is 30.7 Å². The molecular formula is C25H20F7NO. The molecule has 9 heteroatoms. The summed E-state index contributed by atoms with van der Waals surface area (Å²) >= 11 is 0. The van der Waals surface area contributed by atoms with Crippen LogP contribution in [0.4, 0.5) is 30.7 Å². The van der Waals surface area contributed by atoms with Gasteiger partial charge in [-0.1, -0.05) is 18.2 Å². The topological polar surface area (TPSA) is 22.1 Å². The highest BCUT2D eigenvalue weighted by Gasteiger charge is 2.37. The van der Waals surface area contributed by atoms with Crippen LogP contribution in [0.3, 0.4) is 0 Å². The summed E-state index contributed by atoms with van der Waals surface area (Å²) in [5, 5.41) is 0. The predicted molar refractivity (Wildman–Crippen MR) is 111 cm³/mol. The van der Waals surface area contributed by atoms with Crippen molar-refractivity contribution in [3.05, 3.63) is 100 Å². The van der Waals surface area contributed by atoms with E-state index in [-0.39, 0.29) is 30.6 Å². The summed E-state index contributed by atoms with van der Waals surface area (Å²) in [5.41, 5.74) is -0.262. The average Bonchev–Trinajstić information content (AvgIpc) is 2.78. The van der Waals surface area contributed by atoms with Gasteiger partial charge in [-0.25, -0.2) is 4.39 Å². The van der Waals surface area contributed by atoms with E-state index >= 15 is 0 Å². The summed E-state index contributed by atoms with van der Waals surface area (Å²) < 4.78 is 98.2. The SMILES string of the molecule is Fc1ccc(C2c3ncccc3CCC2OCCc2cc(C(F)(F)F)cc(C(F)(F)F)c2)cc1. The third-order valence-corrected chi connectivity index (χ3v) is 5.89. The van der Waals surface area contributed by atoms with Crippen LogP contribution >= 0.6 is 0 Å². The molecule has 0 bridgehead atoms. The van der Waals surface area contributed by atoms with Crippen molar-refractivity contribution in [3.8, 4) is 0 Å². The first kappa shape index (κ1) is 24.2. The van der Waals surface area contributed by atoms with Crippen molar-refractivity contribution < 1.29 is 35.5 Å². The molecule has 34 heavy (non-hydrogen) atoms. The molecule has 0 N–H and O–H groups in total. The smallest absolute Gasteiger partial charge is 0.377 e. The molecule has 3 aromatic rings. The number of halogens is 7. The lowest BCUT2D eigenvalue weighted by molar-refractivity contribution is -0.143. The van der Waals surface area contributed by atoms with Gasteiger partial charge in [-0.05, 0) is 72.4 Å². The molecule has 0 saturated carbocycles. The van der Waals surface area contributed by atoms with Gasteiger partial charge in [0.15, 0.2) is 0 Å². The molecule has 1 heterocycles. The number of hydrogen-bond donors (Lipinski definition) is 0. The molecule has 2 aromatic carbocycles. The highest BCUT2D eigenvalue weighted by molar-refractivity contribution is 5.37. The molecule has 2 unspecified atom stereocenters. The Morgan fingerprint density at radius 2 is 1.53 bits per heavy atom. The number of aromatic nitrogens is 1. The van der Waals surface area contributed by atoms with Gasteiger partial charge in [-0.3, -0.25) is 4.98 Å². The molecule has 180 valence electrons. The zero-order chi connectivity index (χ0) is 24.5. The lowest BCUT2D eigenvalue weighted by Gasteiger charge is -2.33. The van der Waals surface area contributed by atoms with Crippen molar-refractivity contribution in [3.63, 3.8) is 0 Å². The fourth-order valence-corrected chi connectivity index (χ4v) is 4.30. The largest absolute Gasteiger partial charge is 0.416 e. The van der Waals surface area contributed by atoms with Gasteiger partial charge >= 0.3 is 12.4 Å². The van der Waals surface area contributed by atoms with Gasteiger partial charge in [-0.15, -0.1) is 0 Å². The van der Waals surface area contributed by atoms with Gasteiger partial charge in [-0.2, -0.15) is 26.3 Å². The van der Waals surface area contributed by atoms with Crippen molar-refractivity contribution in [1.82, 2.24) is 4.98 Å². The quantitative estimate of drug-likeness (QED) is 0.366. The van der Waals surface area contributed by atoms with Crippen LogP contribution in [0.2, 0.25) is 0 Å². The Morgan fingerprint density at radius 3 is 2.15 bits per heavy atom. The Hall–Kier alpha value is -2.94. The average molecular weight is 483 g/mol. The van der Waals surface area contributed by atoms with E-state index < -0.39 is 35.4 Å². The molecule has 1 aromatic heterocycles. The number of hydrogen-bond acceptors (Lipinski definition) is 2.